The van der Waals surface area contributed by atoms with E-state index in [9.17, 15) is 14.4 Å². The predicted molar refractivity (Wildman–Crippen MR) is 101 cm³/mol. The van der Waals surface area contributed by atoms with Crippen molar-refractivity contribution in [3.63, 3.8) is 0 Å². The summed E-state index contributed by atoms with van der Waals surface area (Å²) in [5, 5.41) is 8.03. The van der Waals surface area contributed by atoms with Crippen LogP contribution in [-0.2, 0) is 16.1 Å². The van der Waals surface area contributed by atoms with Crippen LogP contribution in [0.25, 0.3) is 0 Å². The Morgan fingerprint density at radius 3 is 2.44 bits per heavy atom. The SMILES string of the molecule is O=C(Nc1ccccc1C(=O)NCc1ccccn1)C(=O)NC1CCCC1. The first kappa shape index (κ1) is 18.6. The van der Waals surface area contributed by atoms with Crippen molar-refractivity contribution in [2.24, 2.45) is 0 Å². The smallest absolute Gasteiger partial charge is 0.313 e. The Morgan fingerprint density at radius 2 is 1.70 bits per heavy atom. The molecule has 1 aromatic carbocycles. The van der Waals surface area contributed by atoms with E-state index in [2.05, 4.69) is 20.9 Å². The van der Waals surface area contributed by atoms with Gasteiger partial charge in [-0.2, -0.15) is 0 Å². The summed E-state index contributed by atoms with van der Waals surface area (Å²) in [6, 6.07) is 12.1. The number of nitrogens with one attached hydrogen (secondary N) is 3. The van der Waals surface area contributed by atoms with Crippen molar-refractivity contribution in [3.05, 3.63) is 59.9 Å². The molecule has 1 aromatic heterocycles. The van der Waals surface area contributed by atoms with Gasteiger partial charge in [-0.05, 0) is 37.1 Å². The molecule has 27 heavy (non-hydrogen) atoms. The molecule has 2 aromatic rings. The Hall–Kier alpha value is -3.22. The summed E-state index contributed by atoms with van der Waals surface area (Å²) in [5.74, 6) is -1.80. The first-order chi connectivity index (χ1) is 13.1. The van der Waals surface area contributed by atoms with Gasteiger partial charge in [0, 0.05) is 12.2 Å². The van der Waals surface area contributed by atoms with Crippen LogP contribution in [0.5, 0.6) is 0 Å². The molecule has 7 heteroatoms. The molecular formula is C20H22N4O3. The summed E-state index contributed by atoms with van der Waals surface area (Å²) in [5.41, 5.74) is 1.31. The van der Waals surface area contributed by atoms with Crippen molar-refractivity contribution in [1.29, 1.82) is 0 Å². The summed E-state index contributed by atoms with van der Waals surface area (Å²) in [6.07, 6.45) is 5.56. The summed E-state index contributed by atoms with van der Waals surface area (Å²) >= 11 is 0. The molecule has 0 spiro atoms. The Morgan fingerprint density at radius 1 is 0.963 bits per heavy atom. The highest BCUT2D eigenvalue weighted by Crippen LogP contribution is 2.18. The van der Waals surface area contributed by atoms with Crippen molar-refractivity contribution < 1.29 is 14.4 Å². The lowest BCUT2D eigenvalue weighted by Gasteiger charge is -2.13. The van der Waals surface area contributed by atoms with Gasteiger partial charge in [-0.3, -0.25) is 19.4 Å². The Labute approximate surface area is 157 Å². The Bertz CT molecular complexity index is 817. The first-order valence-electron chi connectivity index (χ1n) is 9.02. The van der Waals surface area contributed by atoms with Crippen LogP contribution in [0.1, 0.15) is 41.7 Å². The minimum atomic E-state index is -0.771. The number of aromatic nitrogens is 1. The van der Waals surface area contributed by atoms with Gasteiger partial charge in [0.15, 0.2) is 0 Å². The van der Waals surface area contributed by atoms with E-state index in [1.54, 1.807) is 42.6 Å². The Balaban J connectivity index is 1.61. The number of anilines is 1. The molecule has 0 radical (unpaired) electrons. The molecule has 1 saturated carbocycles. The highest BCUT2D eigenvalue weighted by molar-refractivity contribution is 6.40. The molecule has 140 valence electrons. The van der Waals surface area contributed by atoms with Crippen LogP contribution in [0.3, 0.4) is 0 Å². The van der Waals surface area contributed by atoms with E-state index in [1.807, 2.05) is 6.07 Å². The van der Waals surface area contributed by atoms with Gasteiger partial charge in [0.2, 0.25) is 0 Å². The molecule has 3 N–H and O–H groups in total. The molecule has 0 saturated heterocycles. The molecule has 3 rings (SSSR count). The van der Waals surface area contributed by atoms with E-state index < -0.39 is 11.8 Å². The van der Waals surface area contributed by atoms with Crippen LogP contribution in [0.4, 0.5) is 5.69 Å². The quantitative estimate of drug-likeness (QED) is 0.705. The molecule has 7 nitrogen and oxygen atoms in total. The zero-order valence-electron chi connectivity index (χ0n) is 14.9. The van der Waals surface area contributed by atoms with Gasteiger partial charge in [-0.1, -0.05) is 31.0 Å². The second-order valence-electron chi connectivity index (χ2n) is 6.46. The third-order valence-corrected chi connectivity index (χ3v) is 4.47. The molecule has 3 amide bonds. The van der Waals surface area contributed by atoms with E-state index in [4.69, 9.17) is 0 Å². The average molecular weight is 366 g/mol. The molecular weight excluding hydrogens is 344 g/mol. The molecule has 1 aliphatic carbocycles. The van der Waals surface area contributed by atoms with Crippen LogP contribution in [0.2, 0.25) is 0 Å². The van der Waals surface area contributed by atoms with Crippen molar-refractivity contribution in [3.8, 4) is 0 Å². The zero-order chi connectivity index (χ0) is 19.1. The van der Waals surface area contributed by atoms with Gasteiger partial charge < -0.3 is 16.0 Å². The van der Waals surface area contributed by atoms with Crippen LogP contribution >= 0.6 is 0 Å². The number of carbonyl (C=O) groups is 3. The fourth-order valence-corrected chi connectivity index (χ4v) is 3.06. The molecule has 0 unspecified atom stereocenters. The van der Waals surface area contributed by atoms with Crippen molar-refractivity contribution in [2.45, 2.75) is 38.3 Å². The van der Waals surface area contributed by atoms with Crippen molar-refractivity contribution >= 4 is 23.4 Å². The standard InChI is InChI=1S/C20H22N4O3/c25-18(22-13-15-9-5-6-12-21-15)16-10-3-4-11-17(16)24-20(27)19(26)23-14-7-1-2-8-14/h3-6,9-12,14H,1-2,7-8,13H2,(H,22,25)(H,23,26)(H,24,27). The maximum atomic E-state index is 12.5. The van der Waals surface area contributed by atoms with Gasteiger partial charge in [-0.25, -0.2) is 0 Å². The highest BCUT2D eigenvalue weighted by atomic mass is 16.2. The Kier molecular flexibility index (Phi) is 6.14. The minimum absolute atomic E-state index is 0.0557. The van der Waals surface area contributed by atoms with Gasteiger partial charge >= 0.3 is 11.8 Å². The lowest BCUT2D eigenvalue weighted by Crippen LogP contribution is -2.40. The van der Waals surface area contributed by atoms with E-state index in [0.717, 1.165) is 31.4 Å². The van der Waals surface area contributed by atoms with E-state index in [-0.39, 0.29) is 24.1 Å². The minimum Gasteiger partial charge on any atom is -0.346 e. The monoisotopic (exact) mass is 366 g/mol. The normalized spacial score (nSPS) is 13.8. The lowest BCUT2D eigenvalue weighted by molar-refractivity contribution is -0.136. The fraction of sp³-hybridized carbons (Fsp3) is 0.300. The summed E-state index contributed by atoms with van der Waals surface area (Å²) in [4.78, 5) is 40.9. The maximum Gasteiger partial charge on any atom is 0.313 e. The van der Waals surface area contributed by atoms with E-state index >= 15 is 0 Å². The third kappa shape index (κ3) is 5.13. The summed E-state index contributed by atoms with van der Waals surface area (Å²) < 4.78 is 0. The van der Waals surface area contributed by atoms with Crippen molar-refractivity contribution in [2.75, 3.05) is 5.32 Å². The molecule has 1 heterocycles. The van der Waals surface area contributed by atoms with E-state index in [0.29, 0.717) is 5.69 Å². The number of hydrogen-bond acceptors (Lipinski definition) is 4. The number of rotatable bonds is 5. The number of para-hydroxylation sites is 1. The lowest BCUT2D eigenvalue weighted by atomic mass is 10.1. The third-order valence-electron chi connectivity index (χ3n) is 4.47. The summed E-state index contributed by atoms with van der Waals surface area (Å²) in [6.45, 7) is 0.268. The molecule has 0 aliphatic heterocycles. The zero-order valence-corrected chi connectivity index (χ0v) is 14.9. The fourth-order valence-electron chi connectivity index (χ4n) is 3.06. The molecule has 1 aliphatic rings. The number of carbonyl (C=O) groups excluding carboxylic acids is 3. The maximum absolute atomic E-state index is 12.5. The number of nitrogens with zero attached hydrogens (tertiary/aromatic N) is 1. The number of amides is 3. The molecule has 0 bridgehead atoms. The van der Waals surface area contributed by atoms with Gasteiger partial charge in [0.25, 0.3) is 5.91 Å². The number of benzene rings is 1. The van der Waals surface area contributed by atoms with Crippen molar-refractivity contribution in [1.82, 2.24) is 15.6 Å². The van der Waals surface area contributed by atoms with Crippen LogP contribution in [-0.4, -0.2) is 28.7 Å². The van der Waals surface area contributed by atoms with E-state index in [1.165, 1.54) is 0 Å². The van der Waals surface area contributed by atoms with Crippen LogP contribution < -0.4 is 16.0 Å². The van der Waals surface area contributed by atoms with Crippen LogP contribution in [0, 0.1) is 0 Å². The first-order valence-corrected chi connectivity index (χ1v) is 9.02. The number of pyridine rings is 1. The second kappa shape index (κ2) is 8.93. The number of hydrogen-bond donors (Lipinski definition) is 3. The topological polar surface area (TPSA) is 100 Å². The highest BCUT2D eigenvalue weighted by Gasteiger charge is 2.22. The molecule has 0 atom stereocenters. The molecule has 1 fully saturated rings. The van der Waals surface area contributed by atoms with Gasteiger partial charge in [-0.15, -0.1) is 0 Å². The van der Waals surface area contributed by atoms with Gasteiger partial charge in [0.1, 0.15) is 0 Å². The largest absolute Gasteiger partial charge is 0.346 e. The predicted octanol–water partition coefficient (Wildman–Crippen LogP) is 2.01. The second-order valence-corrected chi connectivity index (χ2v) is 6.46. The van der Waals surface area contributed by atoms with Gasteiger partial charge in [0.05, 0.1) is 23.5 Å². The summed E-state index contributed by atoms with van der Waals surface area (Å²) in [7, 11) is 0. The van der Waals surface area contributed by atoms with Crippen LogP contribution in [0.15, 0.2) is 48.7 Å². The average Bonchev–Trinajstić information content (AvgIpc) is 3.20.